The molecule has 0 aromatic carbocycles. The Bertz CT molecular complexity index is 228. The summed E-state index contributed by atoms with van der Waals surface area (Å²) in [6.07, 6.45) is 8.59. The molecule has 1 aliphatic carbocycles. The molecule has 2 heteroatoms. The number of carboxylic acids is 1. The monoisotopic (exact) mass is 180 g/mol. The van der Waals surface area contributed by atoms with Gasteiger partial charge in [0.2, 0.25) is 0 Å². The molecule has 1 rings (SSSR count). The van der Waals surface area contributed by atoms with Crippen LogP contribution in [0.3, 0.4) is 0 Å². The Morgan fingerprint density at radius 3 is 3.00 bits per heavy atom. The molecule has 1 fully saturated rings. The average molecular weight is 180 g/mol. The Hall–Kier alpha value is -1.05. The zero-order valence-corrected chi connectivity index (χ0v) is 7.83. The van der Waals surface area contributed by atoms with Gasteiger partial charge in [0.15, 0.2) is 0 Å². The Morgan fingerprint density at radius 2 is 2.38 bits per heavy atom. The fourth-order valence-corrected chi connectivity index (χ4v) is 1.93. The van der Waals surface area contributed by atoms with Gasteiger partial charge >= 0.3 is 5.97 Å². The molecule has 0 aromatic rings. The summed E-state index contributed by atoms with van der Waals surface area (Å²) in [7, 11) is 0. The highest BCUT2D eigenvalue weighted by molar-refractivity contribution is 5.80. The Kier molecular flexibility index (Phi) is 3.74. The molecule has 0 unspecified atom stereocenters. The number of carbonyl (C=O) groups is 1. The molecule has 13 heavy (non-hydrogen) atoms. The maximum atomic E-state index is 10.5. The zero-order valence-electron chi connectivity index (χ0n) is 7.83. The second kappa shape index (κ2) is 4.85. The molecule has 0 aliphatic heterocycles. The average Bonchev–Trinajstić information content (AvgIpc) is 2.08. The van der Waals surface area contributed by atoms with E-state index in [0.717, 1.165) is 31.3 Å². The van der Waals surface area contributed by atoms with Crippen LogP contribution in [0.4, 0.5) is 0 Å². The van der Waals surface area contributed by atoms with Crippen molar-refractivity contribution >= 4 is 5.97 Å². The maximum Gasteiger partial charge on any atom is 0.328 e. The van der Waals surface area contributed by atoms with Gasteiger partial charge in [-0.05, 0) is 31.6 Å². The summed E-state index contributed by atoms with van der Waals surface area (Å²) in [6.45, 7) is 3.69. The second-order valence-corrected chi connectivity index (χ2v) is 3.52. The minimum atomic E-state index is -0.814. The number of allylic oxidation sites excluding steroid dienone is 2. The third-order valence-corrected chi connectivity index (χ3v) is 2.55. The van der Waals surface area contributed by atoms with Crippen LogP contribution in [0.5, 0.6) is 0 Å². The number of hydrogen-bond acceptors (Lipinski definition) is 1. The van der Waals surface area contributed by atoms with Gasteiger partial charge in [-0.25, -0.2) is 4.79 Å². The highest BCUT2D eigenvalue weighted by atomic mass is 16.4. The first-order valence-corrected chi connectivity index (χ1v) is 4.78. The molecule has 0 radical (unpaired) electrons. The molecule has 1 atom stereocenters. The van der Waals surface area contributed by atoms with E-state index >= 15 is 0 Å². The zero-order chi connectivity index (χ0) is 9.68. The molecule has 2 nitrogen and oxygen atoms in total. The number of carboxylic acid groups (broad SMARTS) is 1. The van der Waals surface area contributed by atoms with Crippen molar-refractivity contribution in [3.05, 3.63) is 24.3 Å². The Labute approximate surface area is 79.0 Å². The highest BCUT2D eigenvalue weighted by Crippen LogP contribution is 2.31. The lowest BCUT2D eigenvalue weighted by Gasteiger charge is -2.23. The first-order valence-electron chi connectivity index (χ1n) is 4.78. The summed E-state index contributed by atoms with van der Waals surface area (Å²) in [4.78, 5) is 10.5. The molecule has 0 bridgehead atoms. The van der Waals surface area contributed by atoms with Gasteiger partial charge in [-0.3, -0.25) is 0 Å². The summed E-state index contributed by atoms with van der Waals surface area (Å²) >= 11 is 0. The van der Waals surface area contributed by atoms with Crippen molar-refractivity contribution in [1.82, 2.24) is 0 Å². The largest absolute Gasteiger partial charge is 0.478 e. The quantitative estimate of drug-likeness (QED) is 0.535. The fraction of sp³-hybridized carbons (Fsp3) is 0.545. The molecule has 1 saturated carbocycles. The lowest BCUT2D eigenvalue weighted by molar-refractivity contribution is -0.131. The second-order valence-electron chi connectivity index (χ2n) is 3.52. The van der Waals surface area contributed by atoms with E-state index in [-0.39, 0.29) is 0 Å². The fourth-order valence-electron chi connectivity index (χ4n) is 1.93. The van der Waals surface area contributed by atoms with Crippen molar-refractivity contribution in [1.29, 1.82) is 0 Å². The number of aliphatic carboxylic acids is 1. The van der Waals surface area contributed by atoms with E-state index < -0.39 is 5.97 Å². The van der Waals surface area contributed by atoms with Gasteiger partial charge in [0, 0.05) is 6.08 Å². The Balaban J connectivity index is 2.66. The van der Waals surface area contributed by atoms with Gasteiger partial charge in [-0.15, -0.1) is 6.58 Å². The van der Waals surface area contributed by atoms with Gasteiger partial charge in [0.25, 0.3) is 0 Å². The molecule has 1 aliphatic rings. The van der Waals surface area contributed by atoms with Gasteiger partial charge in [0.05, 0.1) is 0 Å². The number of rotatable bonds is 3. The van der Waals surface area contributed by atoms with Crippen molar-refractivity contribution in [2.75, 3.05) is 0 Å². The molecular formula is C11H16O2. The normalized spacial score (nSPS) is 25.8. The van der Waals surface area contributed by atoms with Gasteiger partial charge < -0.3 is 5.11 Å². The van der Waals surface area contributed by atoms with Crippen molar-refractivity contribution in [3.8, 4) is 0 Å². The predicted molar refractivity (Wildman–Crippen MR) is 52.5 cm³/mol. The van der Waals surface area contributed by atoms with E-state index in [2.05, 4.69) is 6.58 Å². The molecule has 0 saturated heterocycles. The topological polar surface area (TPSA) is 37.3 Å². The van der Waals surface area contributed by atoms with E-state index in [4.69, 9.17) is 5.11 Å². The third-order valence-electron chi connectivity index (χ3n) is 2.55. The first-order chi connectivity index (χ1) is 6.24. The van der Waals surface area contributed by atoms with Crippen LogP contribution < -0.4 is 0 Å². The highest BCUT2D eigenvalue weighted by Gasteiger charge is 2.18. The van der Waals surface area contributed by atoms with E-state index in [9.17, 15) is 4.79 Å². The van der Waals surface area contributed by atoms with E-state index in [1.165, 1.54) is 12.5 Å². The summed E-state index contributed by atoms with van der Waals surface area (Å²) in [5.41, 5.74) is 1.10. The van der Waals surface area contributed by atoms with Gasteiger partial charge in [-0.2, -0.15) is 0 Å². The molecule has 0 spiro atoms. The van der Waals surface area contributed by atoms with Crippen LogP contribution in [0.15, 0.2) is 24.3 Å². The van der Waals surface area contributed by atoms with Crippen molar-refractivity contribution in [2.45, 2.75) is 32.1 Å². The van der Waals surface area contributed by atoms with Crippen LogP contribution in [-0.4, -0.2) is 11.1 Å². The molecular weight excluding hydrogens is 164 g/mol. The third kappa shape index (κ3) is 3.05. The summed E-state index contributed by atoms with van der Waals surface area (Å²) in [5, 5.41) is 8.65. The molecule has 0 amide bonds. The predicted octanol–water partition coefficient (Wildman–Crippen LogP) is 2.76. The molecule has 0 aromatic heterocycles. The summed E-state index contributed by atoms with van der Waals surface area (Å²) < 4.78 is 0. The lowest BCUT2D eigenvalue weighted by Crippen LogP contribution is -2.10. The smallest absolute Gasteiger partial charge is 0.328 e. The van der Waals surface area contributed by atoms with E-state index in [1.54, 1.807) is 0 Å². The van der Waals surface area contributed by atoms with Crippen LogP contribution in [0.1, 0.15) is 32.1 Å². The van der Waals surface area contributed by atoms with Crippen molar-refractivity contribution in [2.24, 2.45) is 5.92 Å². The summed E-state index contributed by atoms with van der Waals surface area (Å²) in [5.74, 6) is -0.381. The lowest BCUT2D eigenvalue weighted by atomic mass is 9.82. The van der Waals surface area contributed by atoms with E-state index in [1.807, 2.05) is 6.08 Å². The van der Waals surface area contributed by atoms with Crippen LogP contribution in [0, 0.1) is 5.92 Å². The minimum absolute atomic E-state index is 0.433. The van der Waals surface area contributed by atoms with Gasteiger partial charge in [0.1, 0.15) is 0 Å². The Morgan fingerprint density at radius 1 is 1.62 bits per heavy atom. The van der Waals surface area contributed by atoms with Crippen LogP contribution in [0.2, 0.25) is 0 Å². The molecule has 0 heterocycles. The standard InChI is InChI=1S/C11H16O2/c1-2-5-9-6-3-4-7-10(9)8-11(12)13/h2,8-9H,1,3-7H2,(H,12,13)/b10-8+/t9-/m1/s1. The first kappa shape index (κ1) is 10.0. The van der Waals surface area contributed by atoms with Crippen molar-refractivity contribution < 1.29 is 9.90 Å². The molecule has 72 valence electrons. The van der Waals surface area contributed by atoms with E-state index in [0.29, 0.717) is 5.92 Å². The van der Waals surface area contributed by atoms with Crippen LogP contribution >= 0.6 is 0 Å². The van der Waals surface area contributed by atoms with Crippen LogP contribution in [0.25, 0.3) is 0 Å². The maximum absolute atomic E-state index is 10.5. The van der Waals surface area contributed by atoms with Crippen LogP contribution in [-0.2, 0) is 4.79 Å². The summed E-state index contributed by atoms with van der Waals surface area (Å²) in [6, 6.07) is 0. The van der Waals surface area contributed by atoms with Gasteiger partial charge in [-0.1, -0.05) is 18.1 Å². The molecule has 1 N–H and O–H groups in total. The number of hydrogen-bond donors (Lipinski definition) is 1. The minimum Gasteiger partial charge on any atom is -0.478 e. The van der Waals surface area contributed by atoms with Crippen molar-refractivity contribution in [3.63, 3.8) is 0 Å². The SMILES string of the molecule is C=CC[C@@H]1CCCC/C1=C\C(=O)O.